The SMILES string of the molecule is NC(C(=O)NCc1ccc(NC(=O)c2ccccc2-c2ccc(C(F)(F)F)cc2)c(Cl)c1)c1ccccc1. The van der Waals surface area contributed by atoms with Gasteiger partial charge in [-0.2, -0.15) is 13.2 Å². The summed E-state index contributed by atoms with van der Waals surface area (Å²) in [5.41, 5.74) is 8.19. The van der Waals surface area contributed by atoms with Gasteiger partial charge >= 0.3 is 6.18 Å². The summed E-state index contributed by atoms with van der Waals surface area (Å²) in [6.07, 6.45) is -4.45. The molecule has 4 aromatic carbocycles. The maximum Gasteiger partial charge on any atom is 0.416 e. The molecule has 0 aromatic heterocycles. The fourth-order valence-electron chi connectivity index (χ4n) is 3.84. The molecule has 4 aromatic rings. The first-order valence-corrected chi connectivity index (χ1v) is 12.0. The van der Waals surface area contributed by atoms with Crippen LogP contribution in [0, 0.1) is 0 Å². The molecule has 5 nitrogen and oxygen atoms in total. The third-order valence-corrected chi connectivity index (χ3v) is 6.20. The lowest BCUT2D eigenvalue weighted by Gasteiger charge is -2.14. The topological polar surface area (TPSA) is 84.2 Å². The summed E-state index contributed by atoms with van der Waals surface area (Å²) >= 11 is 6.39. The minimum atomic E-state index is -4.45. The largest absolute Gasteiger partial charge is 0.416 e. The first kappa shape index (κ1) is 26.9. The van der Waals surface area contributed by atoms with Gasteiger partial charge in [0.2, 0.25) is 5.91 Å². The van der Waals surface area contributed by atoms with Crippen molar-refractivity contribution in [3.05, 3.63) is 124 Å². The quantitative estimate of drug-likeness (QED) is 0.248. The van der Waals surface area contributed by atoms with Gasteiger partial charge in [0.15, 0.2) is 0 Å². The molecule has 0 aliphatic heterocycles. The summed E-state index contributed by atoms with van der Waals surface area (Å²) in [7, 11) is 0. The highest BCUT2D eigenvalue weighted by Gasteiger charge is 2.30. The van der Waals surface area contributed by atoms with Gasteiger partial charge in [-0.3, -0.25) is 9.59 Å². The lowest BCUT2D eigenvalue weighted by molar-refractivity contribution is -0.137. The lowest BCUT2D eigenvalue weighted by atomic mass is 9.98. The van der Waals surface area contributed by atoms with Gasteiger partial charge in [0.25, 0.3) is 5.91 Å². The van der Waals surface area contributed by atoms with Crippen LogP contribution in [0.2, 0.25) is 5.02 Å². The van der Waals surface area contributed by atoms with E-state index in [2.05, 4.69) is 10.6 Å². The summed E-state index contributed by atoms with van der Waals surface area (Å²) in [5, 5.41) is 5.77. The van der Waals surface area contributed by atoms with Crippen molar-refractivity contribution in [3.8, 4) is 11.1 Å². The molecule has 2 amide bonds. The van der Waals surface area contributed by atoms with E-state index in [4.69, 9.17) is 17.3 Å². The molecule has 0 saturated heterocycles. The van der Waals surface area contributed by atoms with Crippen LogP contribution in [0.1, 0.15) is 33.1 Å². The maximum absolute atomic E-state index is 13.1. The number of nitrogens with two attached hydrogens (primary N) is 1. The van der Waals surface area contributed by atoms with Gasteiger partial charge in [-0.15, -0.1) is 0 Å². The first-order chi connectivity index (χ1) is 18.1. The molecule has 0 radical (unpaired) electrons. The highest BCUT2D eigenvalue weighted by molar-refractivity contribution is 6.34. The number of carbonyl (C=O) groups excluding carboxylic acids is 2. The van der Waals surface area contributed by atoms with Crippen LogP contribution in [0.25, 0.3) is 11.1 Å². The van der Waals surface area contributed by atoms with E-state index in [1.807, 2.05) is 6.07 Å². The Kier molecular flexibility index (Phi) is 8.14. The molecule has 1 unspecified atom stereocenters. The van der Waals surface area contributed by atoms with E-state index >= 15 is 0 Å². The van der Waals surface area contributed by atoms with Crippen LogP contribution in [-0.4, -0.2) is 11.8 Å². The van der Waals surface area contributed by atoms with E-state index in [1.165, 1.54) is 12.1 Å². The standard InChI is InChI=1S/C29H23ClF3N3O2/c30-24-16-18(17-35-28(38)26(34)20-6-2-1-3-7-20)10-15-25(24)36-27(37)23-9-5-4-8-22(23)19-11-13-21(14-12-19)29(31,32)33/h1-16,26H,17,34H2,(H,35,38)(H,36,37). The molecule has 194 valence electrons. The second-order valence-electron chi connectivity index (χ2n) is 8.50. The average Bonchev–Trinajstić information content (AvgIpc) is 2.92. The molecule has 0 bridgehead atoms. The zero-order valence-electron chi connectivity index (χ0n) is 19.9. The van der Waals surface area contributed by atoms with E-state index in [0.29, 0.717) is 27.9 Å². The molecule has 0 aliphatic rings. The summed E-state index contributed by atoms with van der Waals surface area (Å²) in [4.78, 5) is 25.5. The molecule has 0 fully saturated rings. The molecule has 0 saturated carbocycles. The molecule has 38 heavy (non-hydrogen) atoms. The van der Waals surface area contributed by atoms with Crippen LogP contribution in [0.15, 0.2) is 97.1 Å². The van der Waals surface area contributed by atoms with Gasteiger partial charge in [0.05, 0.1) is 16.3 Å². The fourth-order valence-corrected chi connectivity index (χ4v) is 4.09. The summed E-state index contributed by atoms with van der Waals surface area (Å²) in [6.45, 7) is 0.185. The number of nitrogens with one attached hydrogen (secondary N) is 2. The molecule has 0 heterocycles. The van der Waals surface area contributed by atoms with Crippen LogP contribution in [0.5, 0.6) is 0 Å². The number of anilines is 1. The smallest absolute Gasteiger partial charge is 0.350 e. The van der Waals surface area contributed by atoms with E-state index in [0.717, 1.165) is 12.1 Å². The number of hydrogen-bond donors (Lipinski definition) is 3. The molecule has 1 atom stereocenters. The number of rotatable bonds is 7. The van der Waals surface area contributed by atoms with Crippen molar-refractivity contribution in [3.63, 3.8) is 0 Å². The van der Waals surface area contributed by atoms with Crippen molar-refractivity contribution in [1.82, 2.24) is 5.32 Å². The minimum absolute atomic E-state index is 0.185. The van der Waals surface area contributed by atoms with Crippen molar-refractivity contribution in [2.45, 2.75) is 18.8 Å². The molecule has 4 rings (SSSR count). The Morgan fingerprint density at radius 1 is 0.868 bits per heavy atom. The number of alkyl halides is 3. The number of benzene rings is 4. The van der Waals surface area contributed by atoms with Gasteiger partial charge in [-0.05, 0) is 52.6 Å². The zero-order chi connectivity index (χ0) is 27.3. The summed E-state index contributed by atoms with van der Waals surface area (Å²) in [6, 6.07) is 24.3. The van der Waals surface area contributed by atoms with Gasteiger partial charge in [-0.1, -0.05) is 78.3 Å². The highest BCUT2D eigenvalue weighted by atomic mass is 35.5. The average molecular weight is 538 g/mol. The second kappa shape index (κ2) is 11.5. The predicted octanol–water partition coefficient (Wildman–Crippen LogP) is 6.59. The number of carbonyl (C=O) groups is 2. The molecule has 9 heteroatoms. The van der Waals surface area contributed by atoms with Gasteiger partial charge in [-0.25, -0.2) is 0 Å². The zero-order valence-corrected chi connectivity index (χ0v) is 20.7. The third kappa shape index (κ3) is 6.40. The van der Waals surface area contributed by atoms with Crippen LogP contribution < -0.4 is 16.4 Å². The number of amides is 2. The second-order valence-corrected chi connectivity index (χ2v) is 8.90. The van der Waals surface area contributed by atoms with Gasteiger partial charge in [0, 0.05) is 12.1 Å². The van der Waals surface area contributed by atoms with Crippen LogP contribution in [0.4, 0.5) is 18.9 Å². The Labute approximate surface area is 222 Å². The summed E-state index contributed by atoms with van der Waals surface area (Å²) < 4.78 is 38.8. The van der Waals surface area contributed by atoms with Crippen molar-refractivity contribution < 1.29 is 22.8 Å². The molecule has 0 spiro atoms. The normalized spacial score (nSPS) is 12.0. The monoisotopic (exact) mass is 537 g/mol. The van der Waals surface area contributed by atoms with E-state index in [9.17, 15) is 22.8 Å². The molecular formula is C29H23ClF3N3O2. The molecule has 4 N–H and O–H groups in total. The van der Waals surface area contributed by atoms with Crippen LogP contribution >= 0.6 is 11.6 Å². The van der Waals surface area contributed by atoms with E-state index in [-0.39, 0.29) is 23.0 Å². The van der Waals surface area contributed by atoms with Crippen LogP contribution in [0.3, 0.4) is 0 Å². The highest BCUT2D eigenvalue weighted by Crippen LogP contribution is 2.32. The minimum Gasteiger partial charge on any atom is -0.350 e. The Morgan fingerprint density at radius 2 is 1.53 bits per heavy atom. The Bertz CT molecular complexity index is 1440. The fraction of sp³-hybridized carbons (Fsp3) is 0.103. The Morgan fingerprint density at radius 3 is 2.18 bits per heavy atom. The van der Waals surface area contributed by atoms with Crippen molar-refractivity contribution in [1.29, 1.82) is 0 Å². The van der Waals surface area contributed by atoms with Crippen LogP contribution in [-0.2, 0) is 17.5 Å². The van der Waals surface area contributed by atoms with Crippen molar-refractivity contribution in [2.24, 2.45) is 5.73 Å². The predicted molar refractivity (Wildman–Crippen MR) is 142 cm³/mol. The Hall–Kier alpha value is -4.14. The van der Waals surface area contributed by atoms with E-state index in [1.54, 1.807) is 66.7 Å². The first-order valence-electron chi connectivity index (χ1n) is 11.6. The third-order valence-electron chi connectivity index (χ3n) is 5.88. The summed E-state index contributed by atoms with van der Waals surface area (Å²) in [5.74, 6) is -0.818. The van der Waals surface area contributed by atoms with Gasteiger partial charge in [0.1, 0.15) is 6.04 Å². The maximum atomic E-state index is 13.1. The number of halogens is 4. The van der Waals surface area contributed by atoms with Crippen molar-refractivity contribution in [2.75, 3.05) is 5.32 Å². The lowest BCUT2D eigenvalue weighted by Crippen LogP contribution is -2.33. The van der Waals surface area contributed by atoms with Gasteiger partial charge < -0.3 is 16.4 Å². The number of hydrogen-bond acceptors (Lipinski definition) is 3. The Balaban J connectivity index is 1.44. The van der Waals surface area contributed by atoms with Crippen molar-refractivity contribution >= 4 is 29.1 Å². The van der Waals surface area contributed by atoms with E-state index < -0.39 is 23.7 Å². The molecular weight excluding hydrogens is 515 g/mol. The molecule has 0 aliphatic carbocycles.